The van der Waals surface area contributed by atoms with E-state index in [4.69, 9.17) is 5.11 Å². The van der Waals surface area contributed by atoms with Gasteiger partial charge in [0.15, 0.2) is 11.6 Å². The average Bonchev–Trinajstić information content (AvgIpc) is 2.63. The van der Waals surface area contributed by atoms with E-state index in [1.807, 2.05) is 0 Å². The molecule has 1 aromatic rings. The summed E-state index contributed by atoms with van der Waals surface area (Å²) < 4.78 is 13.1. The standard InChI is InChI=1S/C14H18FNO2/c1-13(2)11(14(13,3)4)12(18)16-8-5-6-10(17)9(15)7-8/h5-7,11,17H,1-4H3,(H,16,18). The molecule has 1 amide bonds. The number of phenols is 1. The normalized spacial score (nSPS) is 20.5. The summed E-state index contributed by atoms with van der Waals surface area (Å²) in [5, 5.41) is 11.8. The Balaban J connectivity index is 2.12. The molecule has 1 aromatic carbocycles. The van der Waals surface area contributed by atoms with Crippen LogP contribution in [-0.4, -0.2) is 11.0 Å². The van der Waals surface area contributed by atoms with Crippen molar-refractivity contribution in [1.82, 2.24) is 0 Å². The lowest BCUT2D eigenvalue weighted by atomic mass is 10.0. The molecule has 4 heteroatoms. The van der Waals surface area contributed by atoms with E-state index in [2.05, 4.69) is 33.0 Å². The van der Waals surface area contributed by atoms with E-state index in [1.54, 1.807) is 0 Å². The van der Waals surface area contributed by atoms with E-state index in [1.165, 1.54) is 12.1 Å². The zero-order valence-corrected chi connectivity index (χ0v) is 11.0. The molecular formula is C14H18FNO2. The van der Waals surface area contributed by atoms with Crippen LogP contribution in [0.2, 0.25) is 0 Å². The molecule has 1 aliphatic carbocycles. The summed E-state index contributed by atoms with van der Waals surface area (Å²) >= 11 is 0. The van der Waals surface area contributed by atoms with Crippen molar-refractivity contribution in [1.29, 1.82) is 0 Å². The molecule has 0 heterocycles. The van der Waals surface area contributed by atoms with Gasteiger partial charge < -0.3 is 10.4 Å². The van der Waals surface area contributed by atoms with Gasteiger partial charge in [-0.1, -0.05) is 27.7 Å². The molecule has 0 aliphatic heterocycles. The minimum atomic E-state index is -0.734. The predicted octanol–water partition coefficient (Wildman–Crippen LogP) is 3.15. The van der Waals surface area contributed by atoms with Gasteiger partial charge in [0.25, 0.3) is 0 Å². The molecule has 1 fully saturated rings. The van der Waals surface area contributed by atoms with Crippen LogP contribution in [0.1, 0.15) is 27.7 Å². The third-order valence-electron chi connectivity index (χ3n) is 4.50. The molecule has 0 atom stereocenters. The minimum Gasteiger partial charge on any atom is -0.505 e. The molecular weight excluding hydrogens is 233 g/mol. The van der Waals surface area contributed by atoms with Gasteiger partial charge in [-0.05, 0) is 23.0 Å². The second-order valence-corrected chi connectivity index (χ2v) is 6.03. The largest absolute Gasteiger partial charge is 0.505 e. The molecule has 0 bridgehead atoms. The Labute approximate surface area is 106 Å². The molecule has 3 nitrogen and oxygen atoms in total. The van der Waals surface area contributed by atoms with E-state index in [-0.39, 0.29) is 22.7 Å². The fourth-order valence-electron chi connectivity index (χ4n) is 2.65. The van der Waals surface area contributed by atoms with Gasteiger partial charge in [0, 0.05) is 17.7 Å². The second-order valence-electron chi connectivity index (χ2n) is 6.03. The Hall–Kier alpha value is -1.58. The average molecular weight is 251 g/mol. The van der Waals surface area contributed by atoms with Crippen molar-refractivity contribution >= 4 is 11.6 Å². The monoisotopic (exact) mass is 251 g/mol. The van der Waals surface area contributed by atoms with Crippen molar-refractivity contribution in [3.8, 4) is 5.75 Å². The molecule has 2 rings (SSSR count). The van der Waals surface area contributed by atoms with Gasteiger partial charge in [0.05, 0.1) is 0 Å². The number of anilines is 1. The zero-order valence-electron chi connectivity index (χ0n) is 11.0. The van der Waals surface area contributed by atoms with Gasteiger partial charge in [-0.15, -0.1) is 0 Å². The smallest absolute Gasteiger partial charge is 0.228 e. The topological polar surface area (TPSA) is 49.3 Å². The van der Waals surface area contributed by atoms with Crippen LogP contribution in [0.4, 0.5) is 10.1 Å². The number of carbonyl (C=O) groups is 1. The summed E-state index contributed by atoms with van der Waals surface area (Å²) in [5.41, 5.74) is 0.271. The molecule has 18 heavy (non-hydrogen) atoms. The lowest BCUT2D eigenvalue weighted by Crippen LogP contribution is -2.17. The SMILES string of the molecule is CC1(C)C(C(=O)Nc2ccc(O)c(F)c2)C1(C)C. The molecule has 1 aliphatic rings. The quantitative estimate of drug-likeness (QED) is 0.793. The Morgan fingerprint density at radius 3 is 2.28 bits per heavy atom. The molecule has 0 unspecified atom stereocenters. The van der Waals surface area contributed by atoms with Crippen molar-refractivity contribution in [3.63, 3.8) is 0 Å². The minimum absolute atomic E-state index is 0.0491. The zero-order chi connectivity index (χ0) is 13.7. The van der Waals surface area contributed by atoms with Crippen LogP contribution >= 0.6 is 0 Å². The maximum Gasteiger partial charge on any atom is 0.228 e. The molecule has 98 valence electrons. The number of amides is 1. The first-order valence-corrected chi connectivity index (χ1v) is 5.97. The summed E-state index contributed by atoms with van der Waals surface area (Å²) in [4.78, 5) is 12.1. The number of aromatic hydroxyl groups is 1. The van der Waals surface area contributed by atoms with E-state index in [9.17, 15) is 9.18 Å². The number of benzene rings is 1. The summed E-state index contributed by atoms with van der Waals surface area (Å²) in [6.07, 6.45) is 0. The maximum atomic E-state index is 13.1. The predicted molar refractivity (Wildman–Crippen MR) is 67.7 cm³/mol. The van der Waals surface area contributed by atoms with Crippen LogP contribution in [0.3, 0.4) is 0 Å². The maximum absolute atomic E-state index is 13.1. The number of hydrogen-bond acceptors (Lipinski definition) is 2. The molecule has 1 saturated carbocycles. The first kappa shape index (κ1) is 12.9. The summed E-state index contributed by atoms with van der Waals surface area (Å²) in [7, 11) is 0. The number of rotatable bonds is 2. The van der Waals surface area contributed by atoms with E-state index < -0.39 is 11.6 Å². The van der Waals surface area contributed by atoms with Crippen molar-refractivity contribution in [2.75, 3.05) is 5.32 Å². The first-order chi connectivity index (χ1) is 8.18. The Morgan fingerprint density at radius 1 is 1.28 bits per heavy atom. The van der Waals surface area contributed by atoms with Gasteiger partial charge in [-0.3, -0.25) is 4.79 Å². The van der Waals surface area contributed by atoms with Crippen molar-refractivity contribution < 1.29 is 14.3 Å². The van der Waals surface area contributed by atoms with Gasteiger partial charge in [-0.2, -0.15) is 0 Å². The molecule has 0 aromatic heterocycles. The van der Waals surface area contributed by atoms with E-state index in [0.29, 0.717) is 5.69 Å². The Bertz CT molecular complexity index is 495. The molecule has 0 radical (unpaired) electrons. The highest BCUT2D eigenvalue weighted by molar-refractivity contribution is 5.96. The number of hydrogen-bond donors (Lipinski definition) is 2. The lowest BCUT2D eigenvalue weighted by molar-refractivity contribution is -0.118. The van der Waals surface area contributed by atoms with Crippen LogP contribution in [-0.2, 0) is 4.79 Å². The number of carbonyl (C=O) groups excluding carboxylic acids is 1. The number of halogens is 1. The number of nitrogens with one attached hydrogen (secondary N) is 1. The summed E-state index contributed by atoms with van der Waals surface area (Å²) in [6, 6.07) is 3.84. The van der Waals surface area contributed by atoms with Crippen LogP contribution < -0.4 is 5.32 Å². The van der Waals surface area contributed by atoms with Gasteiger partial charge >= 0.3 is 0 Å². The van der Waals surface area contributed by atoms with E-state index >= 15 is 0 Å². The molecule has 0 saturated heterocycles. The fraction of sp³-hybridized carbons (Fsp3) is 0.500. The van der Waals surface area contributed by atoms with Crippen LogP contribution in [0.25, 0.3) is 0 Å². The highest BCUT2D eigenvalue weighted by atomic mass is 19.1. The highest BCUT2D eigenvalue weighted by Crippen LogP contribution is 2.68. The lowest BCUT2D eigenvalue weighted by Gasteiger charge is -2.07. The van der Waals surface area contributed by atoms with Gasteiger partial charge in [0.2, 0.25) is 5.91 Å². The molecule has 0 spiro atoms. The van der Waals surface area contributed by atoms with Gasteiger partial charge in [-0.25, -0.2) is 4.39 Å². The van der Waals surface area contributed by atoms with Crippen LogP contribution in [0.5, 0.6) is 5.75 Å². The number of phenolic OH excluding ortho intramolecular Hbond substituents is 1. The highest BCUT2D eigenvalue weighted by Gasteiger charge is 2.68. The van der Waals surface area contributed by atoms with Crippen LogP contribution in [0.15, 0.2) is 18.2 Å². The van der Waals surface area contributed by atoms with Crippen LogP contribution in [0, 0.1) is 22.6 Å². The first-order valence-electron chi connectivity index (χ1n) is 5.97. The third-order valence-corrected chi connectivity index (χ3v) is 4.50. The Kier molecular flexibility index (Phi) is 2.65. The second kappa shape index (κ2) is 3.70. The van der Waals surface area contributed by atoms with Gasteiger partial charge in [0.1, 0.15) is 0 Å². The van der Waals surface area contributed by atoms with Crippen molar-refractivity contribution in [2.24, 2.45) is 16.7 Å². The van der Waals surface area contributed by atoms with E-state index in [0.717, 1.165) is 6.07 Å². The molecule has 2 N–H and O–H groups in total. The summed E-state index contributed by atoms with van der Waals surface area (Å²) in [5.74, 6) is -1.33. The summed E-state index contributed by atoms with van der Waals surface area (Å²) in [6.45, 7) is 8.20. The van der Waals surface area contributed by atoms with Crippen molar-refractivity contribution in [2.45, 2.75) is 27.7 Å². The third kappa shape index (κ3) is 1.76. The Morgan fingerprint density at radius 2 is 1.83 bits per heavy atom. The fourth-order valence-corrected chi connectivity index (χ4v) is 2.65. The van der Waals surface area contributed by atoms with Crippen molar-refractivity contribution in [3.05, 3.63) is 24.0 Å².